The van der Waals surface area contributed by atoms with E-state index in [4.69, 9.17) is 10.2 Å². The number of aryl methyl sites for hydroxylation is 2. The predicted molar refractivity (Wildman–Crippen MR) is 62.0 cm³/mol. The van der Waals surface area contributed by atoms with E-state index in [-0.39, 0.29) is 18.8 Å². The summed E-state index contributed by atoms with van der Waals surface area (Å²) in [7, 11) is 0. The van der Waals surface area contributed by atoms with E-state index in [9.17, 15) is 9.59 Å². The highest BCUT2D eigenvalue weighted by Crippen LogP contribution is 2.03. The Morgan fingerprint density at radius 1 is 1.41 bits per heavy atom. The lowest BCUT2D eigenvalue weighted by molar-refractivity contribution is 0.0877. The van der Waals surface area contributed by atoms with Crippen molar-refractivity contribution in [3.8, 4) is 0 Å². The molecule has 94 valence electrons. The molecule has 0 saturated carbocycles. The summed E-state index contributed by atoms with van der Waals surface area (Å²) in [6.45, 7) is 2.61. The number of aliphatic hydroxyl groups is 2. The molecule has 4 N–H and O–H groups in total. The molecule has 6 heteroatoms. The Morgan fingerprint density at radius 2 is 2.00 bits per heavy atom. The summed E-state index contributed by atoms with van der Waals surface area (Å²) in [4.78, 5) is 25.9. The van der Waals surface area contributed by atoms with E-state index in [0.29, 0.717) is 11.3 Å². The fourth-order valence-corrected chi connectivity index (χ4v) is 1.54. The van der Waals surface area contributed by atoms with Crippen LogP contribution < -0.4 is 10.9 Å². The second-order valence-electron chi connectivity index (χ2n) is 3.88. The number of H-pyrrole nitrogens is 1. The Kier molecular flexibility index (Phi) is 4.42. The molecule has 6 nitrogen and oxygen atoms in total. The maximum absolute atomic E-state index is 11.8. The average Bonchev–Trinajstić information content (AvgIpc) is 2.24. The molecule has 1 rings (SSSR count). The van der Waals surface area contributed by atoms with Gasteiger partial charge in [-0.15, -0.1) is 0 Å². The van der Waals surface area contributed by atoms with Gasteiger partial charge in [0.1, 0.15) is 5.56 Å². The molecule has 0 aliphatic carbocycles. The van der Waals surface area contributed by atoms with Crippen LogP contribution in [0.1, 0.15) is 21.6 Å². The van der Waals surface area contributed by atoms with Gasteiger partial charge in [0, 0.05) is 5.69 Å². The van der Waals surface area contributed by atoms with Crippen LogP contribution in [0.15, 0.2) is 10.9 Å². The zero-order valence-corrected chi connectivity index (χ0v) is 9.78. The standard InChI is InChI=1S/C11H16N2O4/c1-6-3-7(2)12-10(16)9(6)11(17)13-8(4-14)5-15/h3,8,14-15H,4-5H2,1-2H3,(H,12,16)(H,13,17). The molecule has 0 fully saturated rings. The van der Waals surface area contributed by atoms with E-state index in [2.05, 4.69) is 10.3 Å². The van der Waals surface area contributed by atoms with Gasteiger partial charge in [-0.25, -0.2) is 0 Å². The Hall–Kier alpha value is -1.66. The van der Waals surface area contributed by atoms with Crippen LogP contribution in [0.2, 0.25) is 0 Å². The summed E-state index contributed by atoms with van der Waals surface area (Å²) in [5.74, 6) is -0.600. The first-order valence-electron chi connectivity index (χ1n) is 5.22. The number of aromatic amines is 1. The maximum atomic E-state index is 11.8. The zero-order chi connectivity index (χ0) is 13.0. The van der Waals surface area contributed by atoms with E-state index in [1.807, 2.05) is 0 Å². The molecule has 1 heterocycles. The van der Waals surface area contributed by atoms with Gasteiger partial charge >= 0.3 is 0 Å². The van der Waals surface area contributed by atoms with Gasteiger partial charge in [-0.05, 0) is 25.5 Å². The van der Waals surface area contributed by atoms with Gasteiger partial charge in [0.15, 0.2) is 0 Å². The van der Waals surface area contributed by atoms with Crippen LogP contribution >= 0.6 is 0 Å². The third-order valence-electron chi connectivity index (χ3n) is 2.37. The van der Waals surface area contributed by atoms with Crippen molar-refractivity contribution in [3.63, 3.8) is 0 Å². The van der Waals surface area contributed by atoms with Crippen LogP contribution in [0.5, 0.6) is 0 Å². The van der Waals surface area contributed by atoms with Crippen molar-refractivity contribution in [2.24, 2.45) is 0 Å². The molecule has 17 heavy (non-hydrogen) atoms. The summed E-state index contributed by atoms with van der Waals surface area (Å²) in [6, 6.07) is 0.922. The number of aromatic nitrogens is 1. The second kappa shape index (κ2) is 5.60. The second-order valence-corrected chi connectivity index (χ2v) is 3.88. The molecule has 0 aliphatic heterocycles. The first-order chi connectivity index (χ1) is 7.99. The average molecular weight is 240 g/mol. The van der Waals surface area contributed by atoms with Crippen molar-refractivity contribution < 1.29 is 15.0 Å². The summed E-state index contributed by atoms with van der Waals surface area (Å²) < 4.78 is 0. The van der Waals surface area contributed by atoms with E-state index in [1.54, 1.807) is 19.9 Å². The van der Waals surface area contributed by atoms with Crippen LogP contribution in [0, 0.1) is 13.8 Å². The summed E-state index contributed by atoms with van der Waals surface area (Å²) >= 11 is 0. The minimum atomic E-state index is -0.761. The number of rotatable bonds is 4. The zero-order valence-electron chi connectivity index (χ0n) is 9.78. The quantitative estimate of drug-likeness (QED) is 0.546. The number of hydrogen-bond acceptors (Lipinski definition) is 4. The monoisotopic (exact) mass is 240 g/mol. The molecule has 0 unspecified atom stereocenters. The molecule has 0 aromatic carbocycles. The number of hydrogen-bond donors (Lipinski definition) is 4. The highest BCUT2D eigenvalue weighted by Gasteiger charge is 2.17. The molecule has 0 aliphatic rings. The third-order valence-corrected chi connectivity index (χ3v) is 2.37. The number of nitrogens with one attached hydrogen (secondary N) is 2. The molecular formula is C11H16N2O4. The topological polar surface area (TPSA) is 102 Å². The van der Waals surface area contributed by atoms with Gasteiger partial charge in [-0.2, -0.15) is 0 Å². The summed E-state index contributed by atoms with van der Waals surface area (Å²) in [5.41, 5.74) is 0.750. The van der Waals surface area contributed by atoms with Gasteiger partial charge in [0.25, 0.3) is 11.5 Å². The van der Waals surface area contributed by atoms with Gasteiger partial charge < -0.3 is 20.5 Å². The number of carbonyl (C=O) groups excluding carboxylic acids is 1. The molecule has 0 bridgehead atoms. The number of aliphatic hydroxyl groups excluding tert-OH is 2. The van der Waals surface area contributed by atoms with Crippen molar-refractivity contribution in [1.29, 1.82) is 0 Å². The first-order valence-corrected chi connectivity index (χ1v) is 5.22. The van der Waals surface area contributed by atoms with Crippen molar-refractivity contribution in [3.05, 3.63) is 33.2 Å². The molecular weight excluding hydrogens is 224 g/mol. The number of carbonyl (C=O) groups is 1. The minimum Gasteiger partial charge on any atom is -0.394 e. The van der Waals surface area contributed by atoms with Crippen LogP contribution in [0.3, 0.4) is 0 Å². The molecule has 1 aromatic rings. The van der Waals surface area contributed by atoms with Gasteiger partial charge in [0.05, 0.1) is 19.3 Å². The lowest BCUT2D eigenvalue weighted by Crippen LogP contribution is -2.42. The molecule has 1 aromatic heterocycles. The van der Waals surface area contributed by atoms with E-state index >= 15 is 0 Å². The summed E-state index contributed by atoms with van der Waals surface area (Å²) in [6.07, 6.45) is 0. The Balaban J connectivity index is 3.01. The summed E-state index contributed by atoms with van der Waals surface area (Å²) in [5, 5.41) is 20.1. The molecule has 0 radical (unpaired) electrons. The molecule has 0 atom stereocenters. The van der Waals surface area contributed by atoms with Crippen LogP contribution in [0.25, 0.3) is 0 Å². The fourth-order valence-electron chi connectivity index (χ4n) is 1.54. The van der Waals surface area contributed by atoms with Gasteiger partial charge in [0.2, 0.25) is 0 Å². The van der Waals surface area contributed by atoms with Gasteiger partial charge in [-0.3, -0.25) is 9.59 Å². The SMILES string of the molecule is Cc1cc(C)c(C(=O)NC(CO)CO)c(=O)[nH]1. The third kappa shape index (κ3) is 3.15. The molecule has 0 saturated heterocycles. The highest BCUT2D eigenvalue weighted by atomic mass is 16.3. The Labute approximate surface area is 98.3 Å². The lowest BCUT2D eigenvalue weighted by atomic mass is 10.1. The molecule has 1 amide bonds. The van der Waals surface area contributed by atoms with Crippen LogP contribution in [0.4, 0.5) is 0 Å². The normalized spacial score (nSPS) is 10.6. The maximum Gasteiger partial charge on any atom is 0.261 e. The lowest BCUT2D eigenvalue weighted by Gasteiger charge is -2.14. The van der Waals surface area contributed by atoms with Crippen LogP contribution in [-0.2, 0) is 0 Å². The Bertz CT molecular complexity index is 463. The van der Waals surface area contributed by atoms with Gasteiger partial charge in [-0.1, -0.05) is 0 Å². The largest absolute Gasteiger partial charge is 0.394 e. The minimum absolute atomic E-state index is 0.00231. The van der Waals surface area contributed by atoms with Crippen molar-refractivity contribution in [2.45, 2.75) is 19.9 Å². The van der Waals surface area contributed by atoms with Crippen molar-refractivity contribution in [2.75, 3.05) is 13.2 Å². The van der Waals surface area contributed by atoms with Crippen LogP contribution in [-0.4, -0.2) is 40.4 Å². The number of amides is 1. The van der Waals surface area contributed by atoms with E-state index in [1.165, 1.54) is 0 Å². The number of pyridine rings is 1. The fraction of sp³-hybridized carbons (Fsp3) is 0.455. The Morgan fingerprint density at radius 3 is 2.47 bits per heavy atom. The van der Waals surface area contributed by atoms with E-state index in [0.717, 1.165) is 0 Å². The first kappa shape index (κ1) is 13.4. The molecule has 0 spiro atoms. The predicted octanol–water partition coefficient (Wildman–Crippen LogP) is -0.925. The smallest absolute Gasteiger partial charge is 0.261 e. The van der Waals surface area contributed by atoms with Crippen molar-refractivity contribution in [1.82, 2.24) is 10.3 Å². The van der Waals surface area contributed by atoms with E-state index < -0.39 is 17.5 Å². The van der Waals surface area contributed by atoms with Crippen molar-refractivity contribution >= 4 is 5.91 Å². The highest BCUT2D eigenvalue weighted by molar-refractivity contribution is 5.95.